The molecule has 0 radical (unpaired) electrons. The molecule has 3 heteroatoms. The summed E-state index contributed by atoms with van der Waals surface area (Å²) in [5.74, 6) is 1.63. The van der Waals surface area contributed by atoms with Crippen LogP contribution in [0.3, 0.4) is 0 Å². The fourth-order valence-electron chi connectivity index (χ4n) is 2.14. The molecule has 0 aliphatic rings. The van der Waals surface area contributed by atoms with Crippen LogP contribution in [0.15, 0.2) is 42.5 Å². The Morgan fingerprint density at radius 1 is 1.10 bits per heavy atom. The van der Waals surface area contributed by atoms with Gasteiger partial charge in [0.25, 0.3) is 0 Å². The van der Waals surface area contributed by atoms with E-state index in [-0.39, 0.29) is 0 Å². The highest BCUT2D eigenvalue weighted by Gasteiger charge is 2.06. The zero-order valence-electron chi connectivity index (χ0n) is 13.4. The molecule has 0 unspecified atom stereocenters. The van der Waals surface area contributed by atoms with Crippen molar-refractivity contribution < 1.29 is 0 Å². The van der Waals surface area contributed by atoms with E-state index in [1.165, 1.54) is 5.56 Å². The first kappa shape index (κ1) is 15.5. The molecule has 1 aromatic heterocycles. The minimum Gasteiger partial charge on any atom is -0.329 e. The number of hydrogen-bond acceptors (Lipinski definition) is 3. The molecule has 1 heterocycles. The Hall–Kier alpha value is -1.87. The zero-order valence-corrected chi connectivity index (χ0v) is 13.4. The number of aromatic nitrogens is 1. The third-order valence-corrected chi connectivity index (χ3v) is 3.42. The molecular weight excluding hydrogens is 258 g/mol. The van der Waals surface area contributed by atoms with Crippen molar-refractivity contribution in [3.8, 4) is 0 Å². The standard InChI is InChI=1S/C18H25N3/c1-14(2)12-19-13-16-6-5-7-18(20-16)21(4)17-10-8-15(3)9-11-17/h5-11,14,19H,12-13H2,1-4H3. The van der Waals surface area contributed by atoms with Gasteiger partial charge in [0.05, 0.1) is 5.69 Å². The maximum Gasteiger partial charge on any atom is 0.133 e. The predicted octanol–water partition coefficient (Wildman–Crippen LogP) is 3.90. The molecule has 0 aliphatic carbocycles. The zero-order chi connectivity index (χ0) is 15.2. The van der Waals surface area contributed by atoms with Gasteiger partial charge in [0, 0.05) is 19.3 Å². The van der Waals surface area contributed by atoms with Crippen molar-refractivity contribution in [1.29, 1.82) is 0 Å². The predicted molar refractivity (Wildman–Crippen MR) is 90.0 cm³/mol. The Kier molecular flexibility index (Phi) is 5.34. The van der Waals surface area contributed by atoms with Gasteiger partial charge in [0.1, 0.15) is 5.82 Å². The average Bonchev–Trinajstić information content (AvgIpc) is 2.47. The van der Waals surface area contributed by atoms with Crippen LogP contribution >= 0.6 is 0 Å². The lowest BCUT2D eigenvalue weighted by Gasteiger charge is -2.19. The third kappa shape index (κ3) is 4.57. The van der Waals surface area contributed by atoms with Crippen LogP contribution in [0, 0.1) is 12.8 Å². The lowest BCUT2D eigenvalue weighted by molar-refractivity contribution is 0.548. The summed E-state index contributed by atoms with van der Waals surface area (Å²) in [6, 6.07) is 14.7. The average molecular weight is 283 g/mol. The van der Waals surface area contributed by atoms with Gasteiger partial charge < -0.3 is 10.2 Å². The first-order chi connectivity index (χ1) is 10.1. The molecule has 1 N–H and O–H groups in total. The van der Waals surface area contributed by atoms with E-state index in [0.29, 0.717) is 5.92 Å². The van der Waals surface area contributed by atoms with Crippen molar-refractivity contribution in [1.82, 2.24) is 10.3 Å². The first-order valence-corrected chi connectivity index (χ1v) is 7.53. The smallest absolute Gasteiger partial charge is 0.133 e. The van der Waals surface area contributed by atoms with E-state index in [4.69, 9.17) is 4.98 Å². The quantitative estimate of drug-likeness (QED) is 0.871. The summed E-state index contributed by atoms with van der Waals surface area (Å²) in [7, 11) is 2.05. The summed E-state index contributed by atoms with van der Waals surface area (Å²) in [6.45, 7) is 8.35. The van der Waals surface area contributed by atoms with Gasteiger partial charge >= 0.3 is 0 Å². The van der Waals surface area contributed by atoms with Gasteiger partial charge in [-0.1, -0.05) is 37.6 Å². The van der Waals surface area contributed by atoms with Crippen LogP contribution in [-0.4, -0.2) is 18.6 Å². The lowest BCUT2D eigenvalue weighted by atomic mass is 10.2. The summed E-state index contributed by atoms with van der Waals surface area (Å²) < 4.78 is 0. The second kappa shape index (κ2) is 7.23. The molecule has 0 fully saturated rings. The molecule has 3 nitrogen and oxygen atoms in total. The summed E-state index contributed by atoms with van der Waals surface area (Å²) in [6.07, 6.45) is 0. The Morgan fingerprint density at radius 3 is 2.48 bits per heavy atom. The monoisotopic (exact) mass is 283 g/mol. The molecule has 0 aliphatic heterocycles. The number of anilines is 2. The molecular formula is C18H25N3. The molecule has 0 saturated heterocycles. The number of rotatable bonds is 6. The molecule has 112 valence electrons. The van der Waals surface area contributed by atoms with Crippen LogP contribution < -0.4 is 10.2 Å². The van der Waals surface area contributed by atoms with Crippen molar-refractivity contribution >= 4 is 11.5 Å². The molecule has 2 rings (SSSR count). The molecule has 0 atom stereocenters. The number of benzene rings is 1. The fourth-order valence-corrected chi connectivity index (χ4v) is 2.14. The highest BCUT2D eigenvalue weighted by Crippen LogP contribution is 2.22. The van der Waals surface area contributed by atoms with Crippen molar-refractivity contribution in [2.24, 2.45) is 5.92 Å². The van der Waals surface area contributed by atoms with E-state index in [1.54, 1.807) is 0 Å². The number of nitrogens with zero attached hydrogens (tertiary/aromatic N) is 2. The van der Waals surface area contributed by atoms with Gasteiger partial charge in [-0.3, -0.25) is 0 Å². The SMILES string of the molecule is Cc1ccc(N(C)c2cccc(CNCC(C)C)n2)cc1. The van der Waals surface area contributed by atoms with Crippen LogP contribution in [0.5, 0.6) is 0 Å². The lowest BCUT2D eigenvalue weighted by Crippen LogP contribution is -2.20. The summed E-state index contributed by atoms with van der Waals surface area (Å²) in [4.78, 5) is 6.85. The second-order valence-corrected chi connectivity index (χ2v) is 5.91. The van der Waals surface area contributed by atoms with Gasteiger partial charge in [-0.15, -0.1) is 0 Å². The van der Waals surface area contributed by atoms with E-state index in [1.807, 2.05) is 6.07 Å². The molecule has 0 saturated carbocycles. The maximum absolute atomic E-state index is 4.73. The van der Waals surface area contributed by atoms with E-state index in [9.17, 15) is 0 Å². The van der Waals surface area contributed by atoms with Crippen molar-refractivity contribution in [3.63, 3.8) is 0 Å². The largest absolute Gasteiger partial charge is 0.329 e. The Labute approximate surface area is 128 Å². The molecule has 0 bridgehead atoms. The van der Waals surface area contributed by atoms with Gasteiger partial charge in [-0.05, 0) is 43.7 Å². The van der Waals surface area contributed by atoms with E-state index in [2.05, 4.69) is 74.4 Å². The van der Waals surface area contributed by atoms with Crippen LogP contribution in [0.4, 0.5) is 11.5 Å². The maximum atomic E-state index is 4.73. The highest BCUT2D eigenvalue weighted by molar-refractivity contribution is 5.59. The molecule has 2 aromatic rings. The van der Waals surface area contributed by atoms with E-state index >= 15 is 0 Å². The number of nitrogens with one attached hydrogen (secondary N) is 1. The van der Waals surface area contributed by atoms with Crippen molar-refractivity contribution in [2.45, 2.75) is 27.3 Å². The number of hydrogen-bond donors (Lipinski definition) is 1. The Bertz CT molecular complexity index is 561. The van der Waals surface area contributed by atoms with Gasteiger partial charge in [-0.25, -0.2) is 4.98 Å². The Morgan fingerprint density at radius 2 is 1.81 bits per heavy atom. The third-order valence-electron chi connectivity index (χ3n) is 3.42. The van der Waals surface area contributed by atoms with Crippen LogP contribution in [-0.2, 0) is 6.54 Å². The number of aryl methyl sites for hydroxylation is 1. The topological polar surface area (TPSA) is 28.2 Å². The van der Waals surface area contributed by atoms with Crippen LogP contribution in [0.1, 0.15) is 25.1 Å². The summed E-state index contributed by atoms with van der Waals surface area (Å²) >= 11 is 0. The number of pyridine rings is 1. The molecule has 21 heavy (non-hydrogen) atoms. The van der Waals surface area contributed by atoms with Gasteiger partial charge in [-0.2, -0.15) is 0 Å². The van der Waals surface area contributed by atoms with Gasteiger partial charge in [0.15, 0.2) is 0 Å². The summed E-state index contributed by atoms with van der Waals surface area (Å²) in [5.41, 5.74) is 3.50. The molecule has 0 spiro atoms. The normalized spacial score (nSPS) is 10.9. The van der Waals surface area contributed by atoms with E-state index < -0.39 is 0 Å². The Balaban J connectivity index is 2.07. The second-order valence-electron chi connectivity index (χ2n) is 5.91. The van der Waals surface area contributed by atoms with Gasteiger partial charge in [0.2, 0.25) is 0 Å². The first-order valence-electron chi connectivity index (χ1n) is 7.53. The fraction of sp³-hybridized carbons (Fsp3) is 0.389. The van der Waals surface area contributed by atoms with Crippen molar-refractivity contribution in [3.05, 3.63) is 53.7 Å². The summed E-state index contributed by atoms with van der Waals surface area (Å²) in [5, 5.41) is 3.43. The highest BCUT2D eigenvalue weighted by atomic mass is 15.2. The van der Waals surface area contributed by atoms with Crippen LogP contribution in [0.2, 0.25) is 0 Å². The van der Waals surface area contributed by atoms with Crippen molar-refractivity contribution in [2.75, 3.05) is 18.5 Å². The molecule has 0 amide bonds. The van der Waals surface area contributed by atoms with E-state index in [0.717, 1.165) is 30.3 Å². The minimum absolute atomic E-state index is 0.656. The van der Waals surface area contributed by atoms with Crippen LogP contribution in [0.25, 0.3) is 0 Å². The molecule has 1 aromatic carbocycles. The minimum atomic E-state index is 0.656.